The standard InChI is InChI=1S/C27H34N4O3S/c1-4-5-14-24(25(32)29-17-15-21-13-9-10-16-28-21)35-27-30-23(19-34-3)22(26(33)31(27)2)18-20-11-7-6-8-12-20/h6-13,16,24H,4-5,14-15,17-19H2,1-3H3,(H,29,32). The Morgan fingerprint density at radius 3 is 2.63 bits per heavy atom. The number of thioether (sulfide) groups is 1. The number of pyridine rings is 1. The van der Waals surface area contributed by atoms with Gasteiger partial charge in [0.25, 0.3) is 5.56 Å². The Labute approximate surface area is 211 Å². The van der Waals surface area contributed by atoms with E-state index in [0.29, 0.717) is 42.2 Å². The first-order valence-corrected chi connectivity index (χ1v) is 12.9. The number of unbranched alkanes of at least 4 members (excludes halogenated alkanes) is 1. The van der Waals surface area contributed by atoms with E-state index >= 15 is 0 Å². The molecule has 0 bridgehead atoms. The third-order valence-corrected chi connectivity index (χ3v) is 7.01. The molecular weight excluding hydrogens is 460 g/mol. The molecular formula is C27H34N4O3S. The van der Waals surface area contributed by atoms with Gasteiger partial charge in [-0.3, -0.25) is 19.1 Å². The minimum absolute atomic E-state index is 0.0460. The molecule has 1 N–H and O–H groups in total. The molecule has 2 aromatic heterocycles. The third-order valence-electron chi connectivity index (χ3n) is 5.70. The summed E-state index contributed by atoms with van der Waals surface area (Å²) in [6, 6.07) is 15.6. The van der Waals surface area contributed by atoms with E-state index in [1.54, 1.807) is 24.9 Å². The van der Waals surface area contributed by atoms with Crippen molar-refractivity contribution in [3.8, 4) is 0 Å². The molecule has 0 spiro atoms. The van der Waals surface area contributed by atoms with Crippen molar-refractivity contribution in [3.05, 3.63) is 87.6 Å². The number of nitrogens with zero attached hydrogens (tertiary/aromatic N) is 3. The Hall–Kier alpha value is -2.97. The average Bonchev–Trinajstić information content (AvgIpc) is 2.88. The zero-order chi connectivity index (χ0) is 25.0. The van der Waals surface area contributed by atoms with Crippen LogP contribution >= 0.6 is 11.8 Å². The molecule has 0 radical (unpaired) electrons. The van der Waals surface area contributed by atoms with Crippen molar-refractivity contribution in [2.45, 2.75) is 56.0 Å². The summed E-state index contributed by atoms with van der Waals surface area (Å²) in [4.78, 5) is 35.5. The van der Waals surface area contributed by atoms with Gasteiger partial charge in [0, 0.05) is 51.0 Å². The van der Waals surface area contributed by atoms with E-state index in [1.807, 2.05) is 48.5 Å². The molecule has 186 valence electrons. The summed E-state index contributed by atoms with van der Waals surface area (Å²) < 4.78 is 6.92. The van der Waals surface area contributed by atoms with Crippen LogP contribution in [0.5, 0.6) is 0 Å². The summed E-state index contributed by atoms with van der Waals surface area (Å²) in [7, 11) is 3.32. The lowest BCUT2D eigenvalue weighted by Crippen LogP contribution is -2.35. The Kier molecular flexibility index (Phi) is 10.5. The highest BCUT2D eigenvalue weighted by Gasteiger charge is 2.23. The van der Waals surface area contributed by atoms with Crippen molar-refractivity contribution < 1.29 is 9.53 Å². The first-order chi connectivity index (χ1) is 17.0. The van der Waals surface area contributed by atoms with E-state index < -0.39 is 0 Å². The fourth-order valence-corrected chi connectivity index (χ4v) is 4.88. The van der Waals surface area contributed by atoms with Crippen molar-refractivity contribution in [2.75, 3.05) is 13.7 Å². The van der Waals surface area contributed by atoms with Crippen LogP contribution < -0.4 is 10.9 Å². The van der Waals surface area contributed by atoms with Crippen LogP contribution in [0.2, 0.25) is 0 Å². The minimum atomic E-state index is -0.341. The second-order valence-corrected chi connectivity index (χ2v) is 9.56. The first kappa shape index (κ1) is 26.6. The minimum Gasteiger partial charge on any atom is -0.378 e. The SMILES string of the molecule is CCCCC(Sc1nc(COC)c(Cc2ccccc2)c(=O)n1C)C(=O)NCCc1ccccn1. The number of ether oxygens (including phenoxy) is 1. The first-order valence-electron chi connectivity index (χ1n) is 12.0. The zero-order valence-electron chi connectivity index (χ0n) is 20.7. The number of carbonyl (C=O) groups excluding carboxylic acids is 1. The van der Waals surface area contributed by atoms with Gasteiger partial charge in [0.15, 0.2) is 5.16 Å². The van der Waals surface area contributed by atoms with Crippen LogP contribution in [0.15, 0.2) is 64.7 Å². The highest BCUT2D eigenvalue weighted by molar-refractivity contribution is 8.00. The van der Waals surface area contributed by atoms with Crippen molar-refractivity contribution in [2.24, 2.45) is 7.05 Å². The van der Waals surface area contributed by atoms with Gasteiger partial charge in [0.2, 0.25) is 5.91 Å². The van der Waals surface area contributed by atoms with Crippen LogP contribution in [0.3, 0.4) is 0 Å². The van der Waals surface area contributed by atoms with Crippen LogP contribution in [0.1, 0.15) is 48.7 Å². The Bertz CT molecular complexity index is 1140. The molecule has 1 aromatic carbocycles. The van der Waals surface area contributed by atoms with Gasteiger partial charge in [-0.2, -0.15) is 0 Å². The van der Waals surface area contributed by atoms with Gasteiger partial charge < -0.3 is 10.1 Å². The third kappa shape index (κ3) is 7.77. The Morgan fingerprint density at radius 1 is 1.17 bits per heavy atom. The average molecular weight is 495 g/mol. The van der Waals surface area contributed by atoms with E-state index in [2.05, 4.69) is 17.2 Å². The Morgan fingerprint density at radius 2 is 1.94 bits per heavy atom. The normalized spacial score (nSPS) is 11.9. The molecule has 0 saturated heterocycles. The molecule has 0 fully saturated rings. The maximum atomic E-state index is 13.3. The van der Waals surface area contributed by atoms with Gasteiger partial charge in [0.05, 0.1) is 17.6 Å². The summed E-state index contributed by atoms with van der Waals surface area (Å²) in [5.74, 6) is -0.0460. The molecule has 8 heteroatoms. The lowest BCUT2D eigenvalue weighted by molar-refractivity contribution is -0.120. The summed E-state index contributed by atoms with van der Waals surface area (Å²) in [5.41, 5.74) is 3.11. The van der Waals surface area contributed by atoms with Gasteiger partial charge >= 0.3 is 0 Å². The monoisotopic (exact) mass is 494 g/mol. The molecule has 2 heterocycles. The summed E-state index contributed by atoms with van der Waals surface area (Å²) in [6.07, 6.45) is 5.50. The highest BCUT2D eigenvalue weighted by Crippen LogP contribution is 2.26. The Balaban J connectivity index is 1.79. The van der Waals surface area contributed by atoms with E-state index in [1.165, 1.54) is 11.8 Å². The van der Waals surface area contributed by atoms with Crippen molar-refractivity contribution in [1.82, 2.24) is 19.9 Å². The van der Waals surface area contributed by atoms with Crippen molar-refractivity contribution in [3.63, 3.8) is 0 Å². The number of methoxy groups -OCH3 is 1. The molecule has 35 heavy (non-hydrogen) atoms. The fraction of sp³-hybridized carbons (Fsp3) is 0.407. The van der Waals surface area contributed by atoms with Crippen molar-refractivity contribution >= 4 is 17.7 Å². The topological polar surface area (TPSA) is 86.1 Å². The van der Waals surface area contributed by atoms with Crippen LogP contribution in [-0.4, -0.2) is 39.3 Å². The largest absolute Gasteiger partial charge is 0.378 e. The number of hydrogen-bond donors (Lipinski definition) is 1. The van der Waals surface area contributed by atoms with Gasteiger partial charge in [-0.05, 0) is 24.1 Å². The number of hydrogen-bond acceptors (Lipinski definition) is 6. The van der Waals surface area contributed by atoms with E-state index in [0.717, 1.165) is 24.1 Å². The second kappa shape index (κ2) is 13.8. The highest BCUT2D eigenvalue weighted by atomic mass is 32.2. The molecule has 1 atom stereocenters. The van der Waals surface area contributed by atoms with Crippen LogP contribution in [0.25, 0.3) is 0 Å². The number of rotatable bonds is 13. The van der Waals surface area contributed by atoms with Gasteiger partial charge in [-0.15, -0.1) is 0 Å². The lowest BCUT2D eigenvalue weighted by Gasteiger charge is -2.19. The maximum Gasteiger partial charge on any atom is 0.257 e. The lowest BCUT2D eigenvalue weighted by atomic mass is 10.0. The number of carbonyl (C=O) groups is 1. The number of nitrogens with one attached hydrogen (secondary N) is 1. The van der Waals surface area contributed by atoms with Crippen molar-refractivity contribution in [1.29, 1.82) is 0 Å². The smallest absolute Gasteiger partial charge is 0.257 e. The van der Waals surface area contributed by atoms with Gasteiger partial charge in [-0.1, -0.05) is 67.9 Å². The number of aromatic nitrogens is 3. The second-order valence-electron chi connectivity index (χ2n) is 8.39. The molecule has 0 saturated carbocycles. The molecule has 0 aliphatic rings. The summed E-state index contributed by atoms with van der Waals surface area (Å²) in [6.45, 7) is 2.85. The molecule has 0 aliphatic heterocycles. The maximum absolute atomic E-state index is 13.3. The molecule has 1 unspecified atom stereocenters. The quantitative estimate of drug-likeness (QED) is 0.286. The predicted molar refractivity (Wildman–Crippen MR) is 140 cm³/mol. The molecule has 3 rings (SSSR count). The predicted octanol–water partition coefficient (Wildman–Crippen LogP) is 3.92. The fourth-order valence-electron chi connectivity index (χ4n) is 3.74. The number of amides is 1. The molecule has 0 aliphatic carbocycles. The van der Waals surface area contributed by atoms with Crippen LogP contribution in [0, 0.1) is 0 Å². The van der Waals surface area contributed by atoms with Gasteiger partial charge in [-0.25, -0.2) is 4.98 Å². The summed E-state index contributed by atoms with van der Waals surface area (Å²) in [5, 5.41) is 3.23. The summed E-state index contributed by atoms with van der Waals surface area (Å²) >= 11 is 1.35. The van der Waals surface area contributed by atoms with E-state index in [4.69, 9.17) is 9.72 Å². The molecule has 7 nitrogen and oxygen atoms in total. The van der Waals surface area contributed by atoms with E-state index in [9.17, 15) is 9.59 Å². The van der Waals surface area contributed by atoms with Crippen LogP contribution in [0.4, 0.5) is 0 Å². The van der Waals surface area contributed by atoms with Gasteiger partial charge in [0.1, 0.15) is 0 Å². The van der Waals surface area contributed by atoms with E-state index in [-0.39, 0.29) is 23.3 Å². The molecule has 3 aromatic rings. The van der Waals surface area contributed by atoms with Crippen LogP contribution in [-0.2, 0) is 36.0 Å². The molecule has 1 amide bonds. The number of benzene rings is 1. The zero-order valence-corrected chi connectivity index (χ0v) is 21.5.